The quantitative estimate of drug-likeness (QED) is 0.495. The van der Waals surface area contributed by atoms with Crippen LogP contribution in [0.5, 0.6) is 0 Å². The molecule has 2 fully saturated rings. The van der Waals surface area contributed by atoms with E-state index < -0.39 is 5.95 Å². The molecule has 2 heterocycles. The first-order chi connectivity index (χ1) is 6.18. The first kappa shape index (κ1) is 10.3. The zero-order chi connectivity index (χ0) is 9.68. The summed E-state index contributed by atoms with van der Waals surface area (Å²) in [5.74, 6) is -0.833. The van der Waals surface area contributed by atoms with Gasteiger partial charge in [-0.05, 0) is 6.58 Å². The first-order valence-electron chi connectivity index (χ1n) is 4.06. The molecule has 5 heteroatoms. The summed E-state index contributed by atoms with van der Waals surface area (Å²) in [6, 6.07) is 0. The van der Waals surface area contributed by atoms with Crippen LogP contribution in [0.4, 0.5) is 0 Å². The molecule has 0 aromatic heterocycles. The van der Waals surface area contributed by atoms with Crippen LogP contribution in [0.15, 0.2) is 12.5 Å². The highest BCUT2D eigenvalue weighted by Crippen LogP contribution is 2.12. The van der Waals surface area contributed by atoms with E-state index in [9.17, 15) is 0 Å². The van der Waals surface area contributed by atoms with Gasteiger partial charge in [-0.15, -0.1) is 0 Å². The van der Waals surface area contributed by atoms with Crippen molar-refractivity contribution in [2.45, 2.75) is 12.2 Å². The summed E-state index contributed by atoms with van der Waals surface area (Å²) in [4.78, 5) is 0. The van der Waals surface area contributed by atoms with Crippen LogP contribution < -0.4 is 0 Å². The summed E-state index contributed by atoms with van der Waals surface area (Å²) in [6.45, 7) is 5.93. The summed E-state index contributed by atoms with van der Waals surface area (Å²) < 4.78 is 15.1. The molecule has 2 saturated heterocycles. The van der Waals surface area contributed by atoms with Crippen molar-refractivity contribution < 1.29 is 24.4 Å². The van der Waals surface area contributed by atoms with E-state index in [-0.39, 0.29) is 0 Å². The lowest BCUT2D eigenvalue weighted by Crippen LogP contribution is -2.06. The third kappa shape index (κ3) is 7.58. The highest BCUT2D eigenvalue weighted by Gasteiger charge is 2.26. The smallest absolute Gasteiger partial charge is 0.266 e. The van der Waals surface area contributed by atoms with Gasteiger partial charge in [-0.25, -0.2) is 0 Å². The number of hydrogen-bond donors (Lipinski definition) is 2. The Kier molecular flexibility index (Phi) is 4.01. The predicted molar refractivity (Wildman–Crippen MR) is 44.7 cm³/mol. The van der Waals surface area contributed by atoms with Gasteiger partial charge in [0.25, 0.3) is 5.95 Å². The molecule has 5 nitrogen and oxygen atoms in total. The Balaban J connectivity index is 0.000000184. The van der Waals surface area contributed by atoms with Crippen LogP contribution in [-0.2, 0) is 14.2 Å². The minimum atomic E-state index is -0.833. The molecule has 0 aliphatic carbocycles. The van der Waals surface area contributed by atoms with Crippen LogP contribution >= 0.6 is 0 Å². The SMILES string of the molecule is C(OCC1CO1)C1CO1.C=C(O)O. The summed E-state index contributed by atoms with van der Waals surface area (Å²) in [6.07, 6.45) is 0.785. The fourth-order valence-electron chi connectivity index (χ4n) is 0.659. The minimum Gasteiger partial charge on any atom is -0.482 e. The van der Waals surface area contributed by atoms with Crippen molar-refractivity contribution >= 4 is 0 Å². The molecular weight excluding hydrogens is 176 g/mol. The van der Waals surface area contributed by atoms with Gasteiger partial charge in [-0.3, -0.25) is 0 Å². The zero-order valence-electron chi connectivity index (χ0n) is 7.31. The van der Waals surface area contributed by atoms with Crippen molar-refractivity contribution in [2.75, 3.05) is 26.4 Å². The second-order valence-electron chi connectivity index (χ2n) is 2.86. The molecule has 0 bridgehead atoms. The molecule has 2 aliphatic heterocycles. The fourth-order valence-corrected chi connectivity index (χ4v) is 0.659. The van der Waals surface area contributed by atoms with Gasteiger partial charge >= 0.3 is 0 Å². The first-order valence-corrected chi connectivity index (χ1v) is 4.06. The average molecular weight is 190 g/mol. The van der Waals surface area contributed by atoms with E-state index in [1.807, 2.05) is 0 Å². The van der Waals surface area contributed by atoms with Crippen molar-refractivity contribution in [3.8, 4) is 0 Å². The number of ether oxygens (including phenoxy) is 3. The highest BCUT2D eigenvalue weighted by molar-refractivity contribution is 4.71. The van der Waals surface area contributed by atoms with E-state index in [0.717, 1.165) is 26.4 Å². The van der Waals surface area contributed by atoms with Crippen LogP contribution in [-0.4, -0.2) is 48.8 Å². The Labute approximate surface area is 76.5 Å². The topological polar surface area (TPSA) is 74.8 Å². The van der Waals surface area contributed by atoms with E-state index in [1.54, 1.807) is 0 Å². The summed E-state index contributed by atoms with van der Waals surface area (Å²) in [7, 11) is 0. The van der Waals surface area contributed by atoms with Crippen molar-refractivity contribution in [2.24, 2.45) is 0 Å². The van der Waals surface area contributed by atoms with E-state index >= 15 is 0 Å². The van der Waals surface area contributed by atoms with Gasteiger partial charge in [-0.1, -0.05) is 0 Å². The Hall–Kier alpha value is -0.780. The molecule has 2 unspecified atom stereocenters. The Morgan fingerprint density at radius 1 is 1.23 bits per heavy atom. The molecule has 0 aromatic carbocycles. The van der Waals surface area contributed by atoms with Crippen molar-refractivity contribution in [1.82, 2.24) is 0 Å². The Bertz CT molecular complexity index is 146. The number of epoxide rings is 2. The Morgan fingerprint density at radius 3 is 1.77 bits per heavy atom. The lowest BCUT2D eigenvalue weighted by atomic mass is 10.5. The number of rotatable bonds is 4. The van der Waals surface area contributed by atoms with E-state index in [1.165, 1.54) is 0 Å². The zero-order valence-corrected chi connectivity index (χ0v) is 7.31. The monoisotopic (exact) mass is 190 g/mol. The average Bonchev–Trinajstić information content (AvgIpc) is 2.78. The summed E-state index contributed by atoms with van der Waals surface area (Å²) in [5.41, 5.74) is 0. The fraction of sp³-hybridized carbons (Fsp3) is 0.750. The molecule has 2 rings (SSSR count). The largest absolute Gasteiger partial charge is 0.482 e. The molecule has 0 spiro atoms. The van der Waals surface area contributed by atoms with Crippen LogP contribution in [0.2, 0.25) is 0 Å². The molecule has 2 aliphatic rings. The molecule has 13 heavy (non-hydrogen) atoms. The second-order valence-corrected chi connectivity index (χ2v) is 2.86. The van der Waals surface area contributed by atoms with Gasteiger partial charge in [-0.2, -0.15) is 0 Å². The summed E-state index contributed by atoms with van der Waals surface area (Å²) >= 11 is 0. The second kappa shape index (κ2) is 5.06. The third-order valence-corrected chi connectivity index (χ3v) is 1.41. The van der Waals surface area contributed by atoms with Crippen LogP contribution in [0, 0.1) is 0 Å². The van der Waals surface area contributed by atoms with Gasteiger partial charge in [0.05, 0.1) is 26.4 Å². The molecule has 0 amide bonds. The van der Waals surface area contributed by atoms with Gasteiger partial charge < -0.3 is 24.4 Å². The minimum absolute atomic E-state index is 0.392. The van der Waals surface area contributed by atoms with E-state index in [0.29, 0.717) is 12.2 Å². The number of aliphatic hydroxyl groups is 2. The Morgan fingerprint density at radius 2 is 1.54 bits per heavy atom. The molecule has 2 N–H and O–H groups in total. The number of hydrogen-bond acceptors (Lipinski definition) is 5. The van der Waals surface area contributed by atoms with E-state index in [2.05, 4.69) is 6.58 Å². The highest BCUT2D eigenvalue weighted by atomic mass is 16.6. The van der Waals surface area contributed by atoms with Gasteiger partial charge in [0.15, 0.2) is 0 Å². The van der Waals surface area contributed by atoms with Gasteiger partial charge in [0.1, 0.15) is 12.2 Å². The molecule has 76 valence electrons. The van der Waals surface area contributed by atoms with Gasteiger partial charge in [0.2, 0.25) is 0 Å². The van der Waals surface area contributed by atoms with Crippen molar-refractivity contribution in [3.05, 3.63) is 12.5 Å². The normalized spacial score (nSPS) is 28.6. The number of aliphatic hydroxyl groups excluding tert-OH is 1. The molecular formula is C8H14O5. The molecule has 0 saturated carbocycles. The maximum absolute atomic E-state index is 7.42. The molecule has 0 radical (unpaired) electrons. The third-order valence-electron chi connectivity index (χ3n) is 1.41. The van der Waals surface area contributed by atoms with Crippen molar-refractivity contribution in [1.29, 1.82) is 0 Å². The van der Waals surface area contributed by atoms with Crippen LogP contribution in [0.3, 0.4) is 0 Å². The maximum atomic E-state index is 7.42. The molecule has 0 aromatic rings. The maximum Gasteiger partial charge on any atom is 0.266 e. The molecule has 2 atom stereocenters. The lowest BCUT2D eigenvalue weighted by molar-refractivity contribution is 0.102. The lowest BCUT2D eigenvalue weighted by Gasteiger charge is -1.95. The van der Waals surface area contributed by atoms with E-state index in [4.69, 9.17) is 24.4 Å². The summed E-state index contributed by atoms with van der Waals surface area (Å²) in [5, 5.41) is 14.8. The van der Waals surface area contributed by atoms with Crippen LogP contribution in [0.25, 0.3) is 0 Å². The van der Waals surface area contributed by atoms with Crippen LogP contribution in [0.1, 0.15) is 0 Å². The predicted octanol–water partition coefficient (Wildman–Crippen LogP) is 0.374. The standard InChI is InChI=1S/C6H10O3.C2H4O2/c1(5-3-8-5)7-2-6-4-9-6;1-2(3)4/h5-6H,1-4H2;3-4H,1H2. The van der Waals surface area contributed by atoms with Crippen molar-refractivity contribution in [3.63, 3.8) is 0 Å². The van der Waals surface area contributed by atoms with Gasteiger partial charge in [0, 0.05) is 0 Å².